The molecule has 6 nitrogen and oxygen atoms in total. The largest absolute Gasteiger partial charge is 0.378 e. The van der Waals surface area contributed by atoms with Gasteiger partial charge in [-0.05, 0) is 52.9 Å². The summed E-state index contributed by atoms with van der Waals surface area (Å²) < 4.78 is 5.97. The van der Waals surface area contributed by atoms with E-state index in [1.165, 1.54) is 32.1 Å². The van der Waals surface area contributed by atoms with Gasteiger partial charge in [-0.2, -0.15) is 0 Å². The van der Waals surface area contributed by atoms with Crippen LogP contribution >= 0.6 is 0 Å². The molecule has 1 aliphatic rings. The minimum Gasteiger partial charge on any atom is -0.378 e. The molecule has 0 spiro atoms. The number of carbonyl (C=O) groups is 1. The van der Waals surface area contributed by atoms with Crippen molar-refractivity contribution >= 4 is 11.9 Å². The highest BCUT2D eigenvalue weighted by atomic mass is 16.5. The number of nitrogens with zero attached hydrogens (tertiary/aromatic N) is 2. The van der Waals surface area contributed by atoms with Crippen LogP contribution in [0.2, 0.25) is 0 Å². The van der Waals surface area contributed by atoms with Crippen molar-refractivity contribution in [2.75, 3.05) is 39.3 Å². The average molecular weight is 383 g/mol. The fourth-order valence-electron chi connectivity index (χ4n) is 3.43. The first kappa shape index (κ1) is 23.7. The van der Waals surface area contributed by atoms with E-state index in [0.29, 0.717) is 19.1 Å². The van der Waals surface area contributed by atoms with E-state index in [1.54, 1.807) is 0 Å². The van der Waals surface area contributed by atoms with Gasteiger partial charge in [0.1, 0.15) is 0 Å². The van der Waals surface area contributed by atoms with Gasteiger partial charge in [-0.25, -0.2) is 0 Å². The summed E-state index contributed by atoms with van der Waals surface area (Å²) in [7, 11) is 0. The Labute approximate surface area is 166 Å². The molecule has 0 radical (unpaired) electrons. The minimum atomic E-state index is 0.196. The van der Waals surface area contributed by atoms with E-state index in [1.807, 2.05) is 18.7 Å². The number of hydrogen-bond acceptors (Lipinski definition) is 3. The van der Waals surface area contributed by atoms with Crippen molar-refractivity contribution in [2.24, 2.45) is 4.99 Å². The summed E-state index contributed by atoms with van der Waals surface area (Å²) in [6, 6.07) is 0. The number of hydrogen-bond donors (Lipinski definition) is 2. The van der Waals surface area contributed by atoms with Gasteiger partial charge in [-0.1, -0.05) is 19.3 Å². The molecule has 0 heterocycles. The second-order valence-electron chi connectivity index (χ2n) is 7.19. The first-order chi connectivity index (χ1) is 13.2. The monoisotopic (exact) mass is 382 g/mol. The predicted molar refractivity (Wildman–Crippen MR) is 113 cm³/mol. The van der Waals surface area contributed by atoms with Crippen LogP contribution in [0.3, 0.4) is 0 Å². The molecule has 1 amide bonds. The van der Waals surface area contributed by atoms with Crippen LogP contribution in [0.5, 0.6) is 0 Å². The van der Waals surface area contributed by atoms with Crippen LogP contribution in [0.15, 0.2) is 4.99 Å². The number of nitrogens with one attached hydrogen (secondary N) is 2. The number of aliphatic imine (C=N–C) groups is 1. The van der Waals surface area contributed by atoms with Crippen LogP contribution in [0.4, 0.5) is 0 Å². The normalized spacial score (nSPS) is 15.6. The molecule has 0 aromatic heterocycles. The molecule has 1 saturated carbocycles. The number of unbranched alkanes of at least 4 members (excludes halogenated alkanes) is 2. The molecular formula is C21H42N4O2. The van der Waals surface area contributed by atoms with Gasteiger partial charge in [0, 0.05) is 45.8 Å². The van der Waals surface area contributed by atoms with Crippen LogP contribution in [-0.2, 0) is 9.53 Å². The SMILES string of the molecule is CCNC(=NCCCCCOC1CCCCC1)NCCC(=O)N(CC)CC. The Kier molecular flexibility index (Phi) is 13.8. The molecule has 0 atom stereocenters. The maximum atomic E-state index is 12.0. The molecule has 1 fully saturated rings. The maximum Gasteiger partial charge on any atom is 0.224 e. The molecule has 1 rings (SSSR count). The van der Waals surface area contributed by atoms with Gasteiger partial charge in [-0.3, -0.25) is 9.79 Å². The predicted octanol–water partition coefficient (Wildman–Crippen LogP) is 3.32. The Morgan fingerprint density at radius 1 is 1.04 bits per heavy atom. The van der Waals surface area contributed by atoms with Crippen molar-refractivity contribution in [3.05, 3.63) is 0 Å². The lowest BCUT2D eigenvalue weighted by atomic mass is 9.98. The fourth-order valence-corrected chi connectivity index (χ4v) is 3.43. The lowest BCUT2D eigenvalue weighted by molar-refractivity contribution is -0.130. The summed E-state index contributed by atoms with van der Waals surface area (Å²) in [4.78, 5) is 18.5. The summed E-state index contributed by atoms with van der Waals surface area (Å²) in [5, 5.41) is 6.51. The fraction of sp³-hybridized carbons (Fsp3) is 0.905. The Morgan fingerprint density at radius 2 is 1.78 bits per heavy atom. The van der Waals surface area contributed by atoms with Gasteiger partial charge in [0.2, 0.25) is 5.91 Å². The summed E-state index contributed by atoms with van der Waals surface area (Å²) in [6.45, 7) is 10.8. The third-order valence-electron chi connectivity index (χ3n) is 5.07. The molecule has 0 aromatic carbocycles. The zero-order valence-electron chi connectivity index (χ0n) is 17.9. The molecule has 0 unspecified atom stereocenters. The Balaban J connectivity index is 2.12. The lowest BCUT2D eigenvalue weighted by Gasteiger charge is -2.21. The number of rotatable bonds is 13. The van der Waals surface area contributed by atoms with Crippen molar-refractivity contribution in [3.8, 4) is 0 Å². The van der Waals surface area contributed by atoms with Gasteiger partial charge in [0.15, 0.2) is 5.96 Å². The van der Waals surface area contributed by atoms with Gasteiger partial charge in [0.05, 0.1) is 6.10 Å². The van der Waals surface area contributed by atoms with Crippen molar-refractivity contribution in [3.63, 3.8) is 0 Å². The third-order valence-corrected chi connectivity index (χ3v) is 5.07. The van der Waals surface area contributed by atoms with Crippen LogP contribution in [-0.4, -0.2) is 62.2 Å². The molecule has 0 aliphatic heterocycles. The highest BCUT2D eigenvalue weighted by Gasteiger charge is 2.13. The van der Waals surface area contributed by atoms with E-state index < -0.39 is 0 Å². The second kappa shape index (κ2) is 15.7. The summed E-state index contributed by atoms with van der Waals surface area (Å²) in [5.74, 6) is 1.00. The van der Waals surface area contributed by atoms with Crippen molar-refractivity contribution in [2.45, 2.75) is 84.7 Å². The van der Waals surface area contributed by atoms with Crippen LogP contribution in [0, 0.1) is 0 Å². The molecule has 158 valence electrons. The Morgan fingerprint density at radius 3 is 2.44 bits per heavy atom. The number of carbonyl (C=O) groups excluding carboxylic acids is 1. The lowest BCUT2D eigenvalue weighted by Crippen LogP contribution is -2.40. The van der Waals surface area contributed by atoms with Crippen molar-refractivity contribution in [1.82, 2.24) is 15.5 Å². The zero-order valence-corrected chi connectivity index (χ0v) is 17.9. The van der Waals surface area contributed by atoms with E-state index in [2.05, 4.69) is 22.5 Å². The standard InChI is InChI=1S/C21H42N4O2/c1-4-22-21(24-17-15-20(26)25(5-2)6-3)23-16-11-8-12-18-27-19-13-9-7-10-14-19/h19H,4-18H2,1-3H3,(H2,22,23,24). The second-order valence-corrected chi connectivity index (χ2v) is 7.19. The number of amides is 1. The van der Waals surface area contributed by atoms with Gasteiger partial charge in [0.25, 0.3) is 0 Å². The van der Waals surface area contributed by atoms with Crippen LogP contribution in [0.1, 0.15) is 78.6 Å². The smallest absolute Gasteiger partial charge is 0.224 e. The van der Waals surface area contributed by atoms with Crippen molar-refractivity contribution < 1.29 is 9.53 Å². The van der Waals surface area contributed by atoms with E-state index in [-0.39, 0.29) is 5.91 Å². The summed E-state index contributed by atoms with van der Waals surface area (Å²) >= 11 is 0. The third kappa shape index (κ3) is 11.2. The zero-order chi connectivity index (χ0) is 19.7. The van der Waals surface area contributed by atoms with Gasteiger partial charge >= 0.3 is 0 Å². The van der Waals surface area contributed by atoms with E-state index in [9.17, 15) is 4.79 Å². The molecule has 0 bridgehead atoms. The van der Waals surface area contributed by atoms with Gasteiger partial charge < -0.3 is 20.3 Å². The van der Waals surface area contributed by atoms with Gasteiger partial charge in [-0.15, -0.1) is 0 Å². The summed E-state index contributed by atoms with van der Waals surface area (Å²) in [5.41, 5.74) is 0. The highest BCUT2D eigenvalue weighted by Crippen LogP contribution is 2.20. The first-order valence-electron chi connectivity index (χ1n) is 11.1. The summed E-state index contributed by atoms with van der Waals surface area (Å²) in [6.07, 6.45) is 10.9. The van der Waals surface area contributed by atoms with E-state index in [0.717, 1.165) is 58.0 Å². The molecule has 0 saturated heterocycles. The van der Waals surface area contributed by atoms with E-state index in [4.69, 9.17) is 4.74 Å². The first-order valence-corrected chi connectivity index (χ1v) is 11.1. The van der Waals surface area contributed by atoms with Crippen LogP contribution in [0.25, 0.3) is 0 Å². The molecule has 6 heteroatoms. The number of guanidine groups is 1. The molecule has 2 N–H and O–H groups in total. The van der Waals surface area contributed by atoms with E-state index >= 15 is 0 Å². The Hall–Kier alpha value is -1.30. The topological polar surface area (TPSA) is 66.0 Å². The molecule has 27 heavy (non-hydrogen) atoms. The molecule has 1 aliphatic carbocycles. The minimum absolute atomic E-state index is 0.196. The van der Waals surface area contributed by atoms with Crippen LogP contribution < -0.4 is 10.6 Å². The Bertz CT molecular complexity index is 405. The quantitative estimate of drug-likeness (QED) is 0.291. The highest BCUT2D eigenvalue weighted by molar-refractivity contribution is 5.81. The maximum absolute atomic E-state index is 12.0. The van der Waals surface area contributed by atoms with Crippen molar-refractivity contribution in [1.29, 1.82) is 0 Å². The average Bonchev–Trinajstić information content (AvgIpc) is 2.69. The molecular weight excluding hydrogens is 340 g/mol. The molecule has 0 aromatic rings. The number of ether oxygens (including phenoxy) is 1.